The van der Waals surface area contributed by atoms with Crippen LogP contribution in [0.25, 0.3) is 22.4 Å². The summed E-state index contributed by atoms with van der Waals surface area (Å²) in [6.07, 6.45) is -7.61. The predicted molar refractivity (Wildman–Crippen MR) is 240 cm³/mol. The molecule has 1 aliphatic rings. The van der Waals surface area contributed by atoms with Crippen LogP contribution < -0.4 is 11.1 Å². The van der Waals surface area contributed by atoms with E-state index in [1.807, 2.05) is 79.1 Å². The zero-order chi connectivity index (χ0) is 50.2. The van der Waals surface area contributed by atoms with Crippen LogP contribution >= 0.6 is 0 Å². The molecule has 0 spiro atoms. The number of nitrogens with one attached hydrogen (secondary N) is 1. The molecule has 0 fully saturated rings. The molecule has 3 heterocycles. The van der Waals surface area contributed by atoms with Crippen LogP contribution in [0.2, 0.25) is 0 Å². The van der Waals surface area contributed by atoms with E-state index in [1.165, 1.54) is 17.0 Å². The zero-order valence-corrected chi connectivity index (χ0v) is 37.4. The SMILES string of the molecule is CC(C)c1c(C(=O)Nc2ccccc2)c(-c2ccccc2)c(-c2ccc(F)cc2)n1CC[C@@H](O)C[C@@H](O)CC(=O)O.N[C@@H](CC(=O)N1CCn2c(nnc2C(F)(F)F)C1)Cc1cc(F)c(F)cc1F. The lowest BCUT2D eigenvalue weighted by Gasteiger charge is -2.29. The number of para-hydroxylation sites is 1. The van der Waals surface area contributed by atoms with Gasteiger partial charge in [-0.15, -0.1) is 10.2 Å². The van der Waals surface area contributed by atoms with Crippen molar-refractivity contribution < 1.29 is 60.4 Å². The van der Waals surface area contributed by atoms with E-state index in [4.69, 9.17) is 10.8 Å². The fourth-order valence-electron chi connectivity index (χ4n) is 8.21. The maximum Gasteiger partial charge on any atom is 0.451 e. The molecule has 0 saturated carbocycles. The van der Waals surface area contributed by atoms with Gasteiger partial charge in [0.2, 0.25) is 11.7 Å². The van der Waals surface area contributed by atoms with E-state index in [0.29, 0.717) is 40.2 Å². The van der Waals surface area contributed by atoms with Gasteiger partial charge in [0.15, 0.2) is 17.5 Å². The van der Waals surface area contributed by atoms with Crippen molar-refractivity contribution in [3.8, 4) is 22.4 Å². The molecule has 20 heteroatoms. The van der Waals surface area contributed by atoms with Crippen molar-refractivity contribution in [3.05, 3.63) is 149 Å². The van der Waals surface area contributed by atoms with Gasteiger partial charge < -0.3 is 40.4 Å². The second-order valence-corrected chi connectivity index (χ2v) is 16.8. The molecule has 2 amide bonds. The number of aliphatic carboxylic acids is 1. The molecule has 2 aromatic heterocycles. The highest BCUT2D eigenvalue weighted by molar-refractivity contribution is 6.12. The maximum atomic E-state index is 14.0. The Labute approximate surface area is 392 Å². The fraction of sp³-hybridized carbons (Fsp3) is 0.327. The third kappa shape index (κ3) is 13.0. The number of benzene rings is 4. The highest BCUT2D eigenvalue weighted by Gasteiger charge is 2.40. The highest BCUT2D eigenvalue weighted by Crippen LogP contribution is 2.43. The molecule has 0 unspecified atom stereocenters. The average molecular weight is 966 g/mol. The van der Waals surface area contributed by atoms with Crippen molar-refractivity contribution in [1.29, 1.82) is 0 Å². The summed E-state index contributed by atoms with van der Waals surface area (Å²) >= 11 is 0. The third-order valence-corrected chi connectivity index (χ3v) is 11.3. The number of carboxylic acid groups (broad SMARTS) is 1. The number of carbonyl (C=O) groups excluding carboxylic acids is 2. The van der Waals surface area contributed by atoms with Crippen LogP contribution in [0.4, 0.5) is 36.4 Å². The first kappa shape index (κ1) is 51.5. The Balaban J connectivity index is 0.000000243. The Bertz CT molecular complexity index is 2730. The van der Waals surface area contributed by atoms with Crippen molar-refractivity contribution in [2.75, 3.05) is 11.9 Å². The Hall–Kier alpha value is -6.90. The van der Waals surface area contributed by atoms with E-state index in [-0.39, 0.29) is 80.9 Å². The molecule has 0 bridgehead atoms. The normalized spacial score (nSPS) is 13.8. The minimum Gasteiger partial charge on any atom is -0.481 e. The number of aliphatic hydroxyl groups excluding tert-OH is 2. The Morgan fingerprint density at radius 1 is 0.797 bits per heavy atom. The van der Waals surface area contributed by atoms with E-state index in [9.17, 15) is 55.3 Å². The summed E-state index contributed by atoms with van der Waals surface area (Å²) < 4.78 is 95.3. The molecule has 4 aromatic carbocycles. The summed E-state index contributed by atoms with van der Waals surface area (Å²) in [5.74, 6) is -7.08. The molecule has 1 aliphatic heterocycles. The Morgan fingerprint density at radius 3 is 2.06 bits per heavy atom. The van der Waals surface area contributed by atoms with Crippen LogP contribution in [0.15, 0.2) is 97.1 Å². The number of nitrogens with zero attached hydrogens (tertiary/aromatic N) is 5. The summed E-state index contributed by atoms with van der Waals surface area (Å²) in [7, 11) is 0. The topological polar surface area (TPSA) is 189 Å². The lowest BCUT2D eigenvalue weighted by atomic mass is 9.94. The average Bonchev–Trinajstić information content (AvgIpc) is 3.89. The van der Waals surface area contributed by atoms with Crippen molar-refractivity contribution in [3.63, 3.8) is 0 Å². The number of aromatic nitrogens is 4. The van der Waals surface area contributed by atoms with Crippen molar-refractivity contribution >= 4 is 23.5 Å². The van der Waals surface area contributed by atoms with Crippen molar-refractivity contribution in [2.24, 2.45) is 5.73 Å². The van der Waals surface area contributed by atoms with Gasteiger partial charge in [0.05, 0.1) is 36.4 Å². The van der Waals surface area contributed by atoms with Gasteiger partial charge in [0.1, 0.15) is 11.6 Å². The zero-order valence-electron chi connectivity index (χ0n) is 37.4. The number of carboxylic acids is 1. The maximum absolute atomic E-state index is 14.0. The van der Waals surface area contributed by atoms with Crippen LogP contribution in [-0.2, 0) is 41.8 Å². The highest BCUT2D eigenvalue weighted by atomic mass is 19.4. The summed E-state index contributed by atoms with van der Waals surface area (Å²) in [6.45, 7) is 3.95. The van der Waals surface area contributed by atoms with E-state index < -0.39 is 66.0 Å². The van der Waals surface area contributed by atoms with Gasteiger partial charge in [-0.05, 0) is 84.3 Å². The largest absolute Gasteiger partial charge is 0.481 e. The van der Waals surface area contributed by atoms with Gasteiger partial charge in [-0.3, -0.25) is 14.4 Å². The molecule has 7 rings (SSSR count). The van der Waals surface area contributed by atoms with Crippen LogP contribution in [0.3, 0.4) is 0 Å². The fourth-order valence-corrected chi connectivity index (χ4v) is 8.21. The van der Waals surface area contributed by atoms with E-state index in [2.05, 4.69) is 15.5 Å². The number of carbonyl (C=O) groups is 3. The van der Waals surface area contributed by atoms with Gasteiger partial charge in [-0.1, -0.05) is 62.4 Å². The number of halogens is 7. The quantitative estimate of drug-likeness (QED) is 0.0469. The van der Waals surface area contributed by atoms with Gasteiger partial charge >= 0.3 is 12.1 Å². The number of fused-ring (bicyclic) bond motifs is 1. The van der Waals surface area contributed by atoms with Gasteiger partial charge in [-0.25, -0.2) is 17.6 Å². The first-order valence-corrected chi connectivity index (χ1v) is 21.9. The van der Waals surface area contributed by atoms with Gasteiger partial charge in [-0.2, -0.15) is 13.2 Å². The molecule has 69 heavy (non-hydrogen) atoms. The molecular formula is C49H50F7N7O6. The summed E-state index contributed by atoms with van der Waals surface area (Å²) in [5.41, 5.74) is 10.4. The van der Waals surface area contributed by atoms with Crippen molar-refractivity contribution in [2.45, 2.75) is 95.9 Å². The van der Waals surface area contributed by atoms with Crippen LogP contribution in [-0.4, -0.2) is 82.1 Å². The Morgan fingerprint density at radius 2 is 1.43 bits per heavy atom. The number of rotatable bonds is 16. The number of amides is 2. The van der Waals surface area contributed by atoms with E-state index in [0.717, 1.165) is 15.8 Å². The molecule has 366 valence electrons. The molecule has 0 aliphatic carbocycles. The lowest BCUT2D eigenvalue weighted by Crippen LogP contribution is -2.42. The monoisotopic (exact) mass is 965 g/mol. The van der Waals surface area contributed by atoms with Crippen LogP contribution in [0.1, 0.15) is 78.7 Å². The van der Waals surface area contributed by atoms with Crippen LogP contribution in [0, 0.1) is 23.3 Å². The third-order valence-electron chi connectivity index (χ3n) is 11.3. The number of anilines is 1. The first-order chi connectivity index (χ1) is 32.7. The van der Waals surface area contributed by atoms with E-state index >= 15 is 0 Å². The smallest absolute Gasteiger partial charge is 0.451 e. The number of hydrogen-bond donors (Lipinski definition) is 5. The van der Waals surface area contributed by atoms with Gasteiger partial charge in [0, 0.05) is 55.1 Å². The second kappa shape index (κ2) is 22.5. The standard InChI is InChI=1S/C33H35FN2O5.C16H15F6N5O/c1-21(2)31-30(33(41)35-25-11-7-4-8-12-25)29(22-9-5-3-6-10-22)32(23-13-15-24(34)16-14-23)36(31)18-17-26(37)19-27(38)20-28(39)40;17-10-6-12(19)11(18)4-8(10)3-9(23)5-14(28)26-1-2-27-13(7-26)24-25-15(27)16(20,21)22/h3-16,21,26-27,37-38H,17-20H2,1-2H3,(H,35,41)(H,39,40);4,6,9H,1-3,5,7,23H2/t26-,27-;9-/m11/s1. The molecular weight excluding hydrogens is 916 g/mol. The van der Waals surface area contributed by atoms with Gasteiger partial charge in [0.25, 0.3) is 5.91 Å². The van der Waals surface area contributed by atoms with E-state index in [1.54, 1.807) is 12.1 Å². The number of hydrogen-bond acceptors (Lipinski definition) is 8. The van der Waals surface area contributed by atoms with Crippen LogP contribution in [0.5, 0.6) is 0 Å². The number of aliphatic hydroxyl groups is 2. The molecule has 13 nitrogen and oxygen atoms in total. The number of alkyl halides is 3. The second-order valence-electron chi connectivity index (χ2n) is 16.8. The summed E-state index contributed by atoms with van der Waals surface area (Å²) in [6, 6.07) is 25.0. The Kier molecular flexibility index (Phi) is 16.8. The molecule has 0 radical (unpaired) electrons. The minimum absolute atomic E-state index is 0.000783. The molecule has 6 aromatic rings. The number of nitrogens with two attached hydrogens (primary N) is 1. The first-order valence-electron chi connectivity index (χ1n) is 21.9. The minimum atomic E-state index is -4.64. The lowest BCUT2D eigenvalue weighted by molar-refractivity contribution is -0.148. The summed E-state index contributed by atoms with van der Waals surface area (Å²) in [5, 5.41) is 39.4. The predicted octanol–water partition coefficient (Wildman–Crippen LogP) is 8.33. The summed E-state index contributed by atoms with van der Waals surface area (Å²) in [4.78, 5) is 38.6. The molecule has 3 atom stereocenters. The van der Waals surface area contributed by atoms with Crippen molar-refractivity contribution in [1.82, 2.24) is 24.2 Å². The molecule has 0 saturated heterocycles. The molecule has 6 N–H and O–H groups in total.